The number of likely N-dealkylation sites (tertiary alicyclic amines) is 1. The van der Waals surface area contributed by atoms with Gasteiger partial charge in [-0.15, -0.1) is 0 Å². The molecular weight excluding hydrogens is 680 g/mol. The van der Waals surface area contributed by atoms with Crippen molar-refractivity contribution in [2.75, 3.05) is 46.1 Å². The molecule has 5 atom stereocenters. The molecule has 0 aromatic heterocycles. The summed E-state index contributed by atoms with van der Waals surface area (Å²) in [6.07, 6.45) is 7.64. The number of carbonyl (C=O) groups excluding carboxylic acids is 6. The molecule has 296 valence electrons. The zero-order chi connectivity index (χ0) is 38.3. The molecule has 14 heteroatoms. The van der Waals surface area contributed by atoms with E-state index in [1.807, 2.05) is 27.7 Å². The largest absolute Gasteiger partial charge is 0.380 e. The molecule has 1 unspecified atom stereocenters. The molecule has 3 heterocycles. The number of amides is 6. The van der Waals surface area contributed by atoms with Crippen molar-refractivity contribution in [1.29, 1.82) is 0 Å². The Bertz CT molecular complexity index is 1440. The number of Topliss-reactive ketones (excluding diaryl/α,β-unsaturated/α-hetero) is 1. The molecule has 0 radical (unpaired) electrons. The third kappa shape index (κ3) is 7.43. The number of hydrogen-bond donors (Lipinski definition) is 4. The standard InChI is InChI=1S/C39H62N6O8/c1-7-11-26(29(46)32(48)40-25-14-15-25)41-31(47)27-20-38(37(5,6)39(38)22-53-23-39)21-45(27)34(50)30(36(2,3)4)43-35(51)42-28(24-12-9-8-10-13-24)33(49)44-16-18-52-19-17-44/h24-28,30H,7-23H2,1-6H3,(H,40,48)(H,41,47)(H2,42,43,51)/t26?,27-,28-,30+,38+/m0/s1. The van der Waals surface area contributed by atoms with Crippen molar-refractivity contribution >= 4 is 35.4 Å². The van der Waals surface area contributed by atoms with Crippen LogP contribution in [0.5, 0.6) is 0 Å². The topological polar surface area (TPSA) is 175 Å². The fourth-order valence-corrected chi connectivity index (χ4v) is 9.80. The number of nitrogens with one attached hydrogen (secondary N) is 4. The van der Waals surface area contributed by atoms with E-state index in [-0.39, 0.29) is 35.1 Å². The second-order valence-corrected chi connectivity index (χ2v) is 18.2. The molecule has 3 aliphatic carbocycles. The average molecular weight is 743 g/mol. The van der Waals surface area contributed by atoms with E-state index in [1.54, 1.807) is 9.80 Å². The first-order valence-electron chi connectivity index (χ1n) is 20.0. The number of morpholine rings is 1. The van der Waals surface area contributed by atoms with Crippen LogP contribution in [-0.4, -0.2) is 122 Å². The molecule has 53 heavy (non-hydrogen) atoms. The van der Waals surface area contributed by atoms with Gasteiger partial charge in [0.1, 0.15) is 18.1 Å². The van der Waals surface area contributed by atoms with Crippen LogP contribution in [0.25, 0.3) is 0 Å². The van der Waals surface area contributed by atoms with Gasteiger partial charge in [-0.05, 0) is 55.3 Å². The molecule has 3 saturated carbocycles. The molecule has 6 aliphatic rings. The molecular formula is C39H62N6O8. The van der Waals surface area contributed by atoms with E-state index in [9.17, 15) is 28.8 Å². The second-order valence-electron chi connectivity index (χ2n) is 18.2. The van der Waals surface area contributed by atoms with Gasteiger partial charge in [0.25, 0.3) is 5.91 Å². The lowest BCUT2D eigenvalue weighted by atomic mass is 9.83. The summed E-state index contributed by atoms with van der Waals surface area (Å²) in [7, 11) is 0. The van der Waals surface area contributed by atoms with Crippen molar-refractivity contribution < 1.29 is 38.2 Å². The van der Waals surface area contributed by atoms with E-state index >= 15 is 0 Å². The van der Waals surface area contributed by atoms with E-state index < -0.39 is 64.5 Å². The molecule has 0 aromatic rings. The normalized spacial score (nSPS) is 28.0. The van der Waals surface area contributed by atoms with Gasteiger partial charge in [-0.3, -0.25) is 24.0 Å². The van der Waals surface area contributed by atoms with E-state index in [2.05, 4.69) is 35.1 Å². The van der Waals surface area contributed by atoms with Gasteiger partial charge >= 0.3 is 6.03 Å². The van der Waals surface area contributed by atoms with Gasteiger partial charge in [-0.25, -0.2) is 4.79 Å². The monoisotopic (exact) mass is 742 g/mol. The lowest BCUT2D eigenvalue weighted by molar-refractivity contribution is -0.144. The van der Waals surface area contributed by atoms with Crippen LogP contribution in [0.15, 0.2) is 0 Å². The smallest absolute Gasteiger partial charge is 0.316 e. The van der Waals surface area contributed by atoms with Gasteiger partial charge in [-0.1, -0.05) is 67.2 Å². The Morgan fingerprint density at radius 1 is 0.830 bits per heavy atom. The van der Waals surface area contributed by atoms with Crippen LogP contribution in [0.4, 0.5) is 4.79 Å². The van der Waals surface area contributed by atoms with Gasteiger partial charge < -0.3 is 40.5 Å². The minimum absolute atomic E-state index is 0.000297. The lowest BCUT2D eigenvalue weighted by Crippen LogP contribution is -2.62. The van der Waals surface area contributed by atoms with Crippen molar-refractivity contribution in [1.82, 2.24) is 31.1 Å². The maximum absolute atomic E-state index is 14.9. The fourth-order valence-electron chi connectivity index (χ4n) is 9.80. The SMILES string of the molecule is CCCC(NC(=O)[C@@H]1C[C@@]2(CN1C(=O)[C@@H](NC(=O)N[C@H](C(=O)N1CCOCC1)C1CCCCC1)C(C)(C)C)C(C)(C)C21COC1)C(=O)C(=O)NC1CC1. The van der Waals surface area contributed by atoms with E-state index in [1.165, 1.54) is 0 Å². The first-order valence-corrected chi connectivity index (χ1v) is 20.0. The van der Waals surface area contributed by atoms with Crippen molar-refractivity contribution in [3.8, 4) is 0 Å². The molecule has 2 spiro atoms. The van der Waals surface area contributed by atoms with E-state index in [0.29, 0.717) is 58.9 Å². The lowest BCUT2D eigenvalue weighted by Gasteiger charge is -2.38. The van der Waals surface area contributed by atoms with Gasteiger partial charge in [-0.2, -0.15) is 0 Å². The average Bonchev–Trinajstić information content (AvgIpc) is 3.94. The highest BCUT2D eigenvalue weighted by molar-refractivity contribution is 6.38. The minimum atomic E-state index is -1.04. The molecule has 14 nitrogen and oxygen atoms in total. The maximum atomic E-state index is 14.9. The Labute approximate surface area is 313 Å². The maximum Gasteiger partial charge on any atom is 0.316 e. The zero-order valence-electron chi connectivity index (χ0n) is 32.6. The Morgan fingerprint density at radius 3 is 2.04 bits per heavy atom. The first kappa shape index (κ1) is 39.4. The Balaban J connectivity index is 1.23. The van der Waals surface area contributed by atoms with Crippen LogP contribution in [0.2, 0.25) is 0 Å². The van der Waals surface area contributed by atoms with Crippen LogP contribution in [0.3, 0.4) is 0 Å². The third-order valence-electron chi connectivity index (χ3n) is 13.6. The second kappa shape index (κ2) is 15.1. The molecule has 0 bridgehead atoms. The van der Waals surface area contributed by atoms with Crippen LogP contribution in [0.1, 0.15) is 106 Å². The van der Waals surface area contributed by atoms with Crippen molar-refractivity contribution in [3.05, 3.63) is 0 Å². The molecule has 6 rings (SSSR count). The first-order chi connectivity index (χ1) is 25.1. The van der Waals surface area contributed by atoms with Crippen molar-refractivity contribution in [2.24, 2.45) is 27.6 Å². The van der Waals surface area contributed by atoms with Gasteiger partial charge in [0, 0.05) is 36.5 Å². The predicted octanol–water partition coefficient (Wildman–Crippen LogP) is 2.28. The summed E-state index contributed by atoms with van der Waals surface area (Å²) in [5.41, 5.74) is -1.57. The molecule has 6 amide bonds. The highest BCUT2D eigenvalue weighted by Gasteiger charge is 2.86. The predicted molar refractivity (Wildman–Crippen MR) is 195 cm³/mol. The van der Waals surface area contributed by atoms with Gasteiger partial charge in [0.15, 0.2) is 0 Å². The van der Waals surface area contributed by atoms with Crippen molar-refractivity contribution in [2.45, 2.75) is 136 Å². The summed E-state index contributed by atoms with van der Waals surface area (Å²) in [5.74, 6) is -2.40. The van der Waals surface area contributed by atoms with Crippen LogP contribution in [-0.2, 0) is 33.4 Å². The third-order valence-corrected chi connectivity index (χ3v) is 13.6. The van der Waals surface area contributed by atoms with Crippen LogP contribution in [0, 0.1) is 27.6 Å². The Hall–Kier alpha value is -3.26. The summed E-state index contributed by atoms with van der Waals surface area (Å²) in [4.78, 5) is 86.4. The number of carbonyl (C=O) groups is 6. The van der Waals surface area contributed by atoms with E-state index in [4.69, 9.17) is 9.47 Å². The molecule has 0 aromatic carbocycles. The van der Waals surface area contributed by atoms with E-state index in [0.717, 1.165) is 44.9 Å². The number of hydrogen-bond acceptors (Lipinski definition) is 8. The number of urea groups is 1. The van der Waals surface area contributed by atoms with Crippen molar-refractivity contribution in [3.63, 3.8) is 0 Å². The number of fused-ring (bicyclic) bond motifs is 1. The minimum Gasteiger partial charge on any atom is -0.380 e. The quantitative estimate of drug-likeness (QED) is 0.221. The number of ether oxygens (including phenoxy) is 2. The van der Waals surface area contributed by atoms with Crippen LogP contribution < -0.4 is 21.3 Å². The molecule has 4 N–H and O–H groups in total. The number of ketones is 1. The summed E-state index contributed by atoms with van der Waals surface area (Å²) in [5, 5.41) is 11.6. The summed E-state index contributed by atoms with van der Waals surface area (Å²) in [6, 6.07) is -4.31. The van der Waals surface area contributed by atoms with Gasteiger partial charge in [0.2, 0.25) is 23.5 Å². The number of rotatable bonds is 12. The van der Waals surface area contributed by atoms with Crippen LogP contribution >= 0.6 is 0 Å². The Kier molecular flexibility index (Phi) is 11.2. The molecule has 3 saturated heterocycles. The van der Waals surface area contributed by atoms with Gasteiger partial charge in [0.05, 0.1) is 32.5 Å². The number of nitrogens with zero attached hydrogens (tertiary/aromatic N) is 2. The fraction of sp³-hybridized carbons (Fsp3) is 0.846. The molecule has 3 aliphatic heterocycles. The zero-order valence-corrected chi connectivity index (χ0v) is 32.6. The molecule has 6 fully saturated rings. The summed E-state index contributed by atoms with van der Waals surface area (Å²) < 4.78 is 11.2. The highest BCUT2D eigenvalue weighted by atomic mass is 16.5. The Morgan fingerprint density at radius 2 is 1.49 bits per heavy atom. The highest BCUT2D eigenvalue weighted by Crippen LogP contribution is 2.84. The summed E-state index contributed by atoms with van der Waals surface area (Å²) >= 11 is 0. The summed E-state index contributed by atoms with van der Waals surface area (Å²) in [6.45, 7) is 15.0.